The molecule has 2 heterocycles. The summed E-state index contributed by atoms with van der Waals surface area (Å²) in [5, 5.41) is 3.26. The first kappa shape index (κ1) is 20.2. The maximum Gasteiger partial charge on any atom is 0.229 e. The highest BCUT2D eigenvalue weighted by Crippen LogP contribution is 2.29. The van der Waals surface area contributed by atoms with Gasteiger partial charge in [-0.05, 0) is 55.7 Å². The third-order valence-electron chi connectivity index (χ3n) is 5.56. The van der Waals surface area contributed by atoms with E-state index in [1.165, 1.54) is 31.0 Å². The van der Waals surface area contributed by atoms with Crippen molar-refractivity contribution in [1.82, 2.24) is 0 Å². The van der Waals surface area contributed by atoms with E-state index < -0.39 is 5.41 Å². The Balaban J connectivity index is 1.66. The first-order chi connectivity index (χ1) is 14.3. The van der Waals surface area contributed by atoms with Gasteiger partial charge in [0, 0.05) is 35.8 Å². The fourth-order valence-electron chi connectivity index (χ4n) is 3.75. The molecule has 1 aliphatic heterocycles. The van der Waals surface area contributed by atoms with Gasteiger partial charge in [0.2, 0.25) is 5.91 Å². The average molecular weight is 405 g/mol. The Labute approximate surface area is 176 Å². The summed E-state index contributed by atoms with van der Waals surface area (Å²) in [5.74, 6) is 0.378. The largest absolute Gasteiger partial charge is 0.456 e. The molecule has 0 atom stereocenters. The van der Waals surface area contributed by atoms with Crippen molar-refractivity contribution >= 4 is 28.3 Å². The zero-order valence-corrected chi connectivity index (χ0v) is 17.8. The molecule has 0 radical (unpaired) electrons. The SMILES string of the molecule is CC(C)(C)C(=O)Nc1cccc2oc(-c3ccc(N4CCCCC4)cc3)cc(=O)c12. The number of piperidine rings is 1. The van der Waals surface area contributed by atoms with Crippen LogP contribution < -0.4 is 15.6 Å². The van der Waals surface area contributed by atoms with Crippen LogP contribution in [0.25, 0.3) is 22.3 Å². The molecular formula is C25H28N2O3. The molecule has 0 saturated carbocycles. The number of carbonyl (C=O) groups is 1. The Morgan fingerprint density at radius 2 is 1.70 bits per heavy atom. The molecule has 5 heteroatoms. The molecule has 2 aromatic carbocycles. The van der Waals surface area contributed by atoms with Crippen LogP contribution in [0.1, 0.15) is 40.0 Å². The van der Waals surface area contributed by atoms with Crippen molar-refractivity contribution in [3.8, 4) is 11.3 Å². The Bertz CT molecular complexity index is 1120. The predicted molar refractivity (Wildman–Crippen MR) is 122 cm³/mol. The predicted octanol–water partition coefficient (Wildman–Crippen LogP) is 5.43. The summed E-state index contributed by atoms with van der Waals surface area (Å²) >= 11 is 0. The standard InChI is InChI=1S/C25H28N2O3/c1-25(2,3)24(29)26-19-8-7-9-21-23(19)20(28)16-22(30-21)17-10-12-18(13-11-17)27-14-5-4-6-15-27/h7-13,16H,4-6,14-15H2,1-3H3,(H,26,29). The first-order valence-corrected chi connectivity index (χ1v) is 10.6. The van der Waals surface area contributed by atoms with Crippen molar-refractivity contribution in [1.29, 1.82) is 0 Å². The average Bonchev–Trinajstić information content (AvgIpc) is 2.73. The van der Waals surface area contributed by atoms with Crippen LogP contribution in [0, 0.1) is 5.41 Å². The molecular weight excluding hydrogens is 376 g/mol. The maximum absolute atomic E-state index is 12.9. The van der Waals surface area contributed by atoms with Crippen LogP contribution in [0.2, 0.25) is 0 Å². The molecule has 5 nitrogen and oxygen atoms in total. The molecule has 0 bridgehead atoms. The van der Waals surface area contributed by atoms with Gasteiger partial charge in [0.25, 0.3) is 0 Å². The van der Waals surface area contributed by atoms with Crippen molar-refractivity contribution in [3.05, 3.63) is 58.8 Å². The van der Waals surface area contributed by atoms with Crippen molar-refractivity contribution in [2.45, 2.75) is 40.0 Å². The molecule has 1 saturated heterocycles. The smallest absolute Gasteiger partial charge is 0.229 e. The number of fused-ring (bicyclic) bond motifs is 1. The normalized spacial score (nSPS) is 14.7. The number of amides is 1. The lowest BCUT2D eigenvalue weighted by Crippen LogP contribution is -2.29. The molecule has 3 aromatic rings. The highest BCUT2D eigenvalue weighted by Gasteiger charge is 2.22. The number of hydrogen-bond acceptors (Lipinski definition) is 4. The van der Waals surface area contributed by atoms with Crippen molar-refractivity contribution in [2.75, 3.05) is 23.3 Å². The lowest BCUT2D eigenvalue weighted by molar-refractivity contribution is -0.123. The zero-order valence-electron chi connectivity index (χ0n) is 17.8. The molecule has 0 unspecified atom stereocenters. The second-order valence-corrected chi connectivity index (χ2v) is 8.95. The van der Waals surface area contributed by atoms with Crippen molar-refractivity contribution < 1.29 is 9.21 Å². The molecule has 0 spiro atoms. The Morgan fingerprint density at radius 3 is 2.37 bits per heavy atom. The molecule has 156 valence electrons. The number of anilines is 2. The van der Waals surface area contributed by atoms with Crippen LogP contribution in [0.3, 0.4) is 0 Å². The monoisotopic (exact) mass is 404 g/mol. The van der Waals surface area contributed by atoms with Crippen molar-refractivity contribution in [3.63, 3.8) is 0 Å². The highest BCUT2D eigenvalue weighted by molar-refractivity contribution is 6.02. The number of nitrogens with zero attached hydrogens (tertiary/aromatic N) is 1. The minimum absolute atomic E-state index is 0.147. The third-order valence-corrected chi connectivity index (χ3v) is 5.56. The van der Waals surface area contributed by atoms with E-state index in [1.54, 1.807) is 18.2 Å². The zero-order chi connectivity index (χ0) is 21.3. The number of nitrogens with one attached hydrogen (secondary N) is 1. The minimum Gasteiger partial charge on any atom is -0.456 e. The summed E-state index contributed by atoms with van der Waals surface area (Å²) in [6, 6.07) is 15.0. The van der Waals surface area contributed by atoms with Crippen LogP contribution in [0.15, 0.2) is 57.7 Å². The quantitative estimate of drug-likeness (QED) is 0.632. The van der Waals surface area contributed by atoms with Crippen LogP contribution in [-0.2, 0) is 4.79 Å². The van der Waals surface area contributed by atoms with Gasteiger partial charge < -0.3 is 14.6 Å². The summed E-state index contributed by atoms with van der Waals surface area (Å²) in [6.45, 7) is 7.69. The van der Waals surface area contributed by atoms with Crippen molar-refractivity contribution in [2.24, 2.45) is 5.41 Å². The summed E-state index contributed by atoms with van der Waals surface area (Å²) in [5.41, 5.74) is 2.28. The second kappa shape index (κ2) is 7.98. The van der Waals surface area contributed by atoms with E-state index in [0.717, 1.165) is 18.7 Å². The molecule has 4 rings (SSSR count). The van der Waals surface area contributed by atoms with Gasteiger partial charge >= 0.3 is 0 Å². The Kier molecular flexibility index (Phi) is 5.37. The first-order valence-electron chi connectivity index (χ1n) is 10.6. The van der Waals surface area contributed by atoms with E-state index in [0.29, 0.717) is 22.4 Å². The molecule has 0 aliphatic carbocycles. The minimum atomic E-state index is -0.557. The lowest BCUT2D eigenvalue weighted by Gasteiger charge is -2.28. The van der Waals surface area contributed by atoms with Crippen LogP contribution in [0.5, 0.6) is 0 Å². The van der Waals surface area contributed by atoms with Gasteiger partial charge in [0.05, 0.1) is 11.1 Å². The lowest BCUT2D eigenvalue weighted by atomic mass is 9.95. The van der Waals surface area contributed by atoms with E-state index in [2.05, 4.69) is 22.3 Å². The molecule has 1 N–H and O–H groups in total. The topological polar surface area (TPSA) is 62.6 Å². The van der Waals surface area contributed by atoms with Crippen LogP contribution >= 0.6 is 0 Å². The van der Waals surface area contributed by atoms with E-state index in [-0.39, 0.29) is 11.3 Å². The van der Waals surface area contributed by atoms with Crippen LogP contribution in [-0.4, -0.2) is 19.0 Å². The van der Waals surface area contributed by atoms with E-state index in [1.807, 2.05) is 32.9 Å². The maximum atomic E-state index is 12.9. The fraction of sp³-hybridized carbons (Fsp3) is 0.360. The molecule has 1 fully saturated rings. The van der Waals surface area contributed by atoms with Gasteiger partial charge in [-0.25, -0.2) is 0 Å². The summed E-state index contributed by atoms with van der Waals surface area (Å²) in [4.78, 5) is 27.7. The third kappa shape index (κ3) is 4.11. The Hall–Kier alpha value is -3.08. The second-order valence-electron chi connectivity index (χ2n) is 8.95. The fourth-order valence-corrected chi connectivity index (χ4v) is 3.75. The van der Waals surface area contributed by atoms with E-state index in [4.69, 9.17) is 4.42 Å². The van der Waals surface area contributed by atoms with Gasteiger partial charge in [-0.1, -0.05) is 26.8 Å². The van der Waals surface area contributed by atoms with E-state index >= 15 is 0 Å². The molecule has 1 amide bonds. The number of benzene rings is 2. The Morgan fingerprint density at radius 1 is 1.00 bits per heavy atom. The molecule has 30 heavy (non-hydrogen) atoms. The van der Waals surface area contributed by atoms with Gasteiger partial charge in [-0.15, -0.1) is 0 Å². The molecule has 1 aromatic heterocycles. The van der Waals surface area contributed by atoms with E-state index in [9.17, 15) is 9.59 Å². The summed E-state index contributed by atoms with van der Waals surface area (Å²) in [6.07, 6.45) is 3.76. The highest BCUT2D eigenvalue weighted by atomic mass is 16.3. The summed E-state index contributed by atoms with van der Waals surface area (Å²) < 4.78 is 6.06. The number of carbonyl (C=O) groups excluding carboxylic acids is 1. The molecule has 1 aliphatic rings. The number of rotatable bonds is 3. The van der Waals surface area contributed by atoms with Gasteiger partial charge in [0.15, 0.2) is 5.43 Å². The van der Waals surface area contributed by atoms with Gasteiger partial charge in [-0.2, -0.15) is 0 Å². The van der Waals surface area contributed by atoms with Crippen LogP contribution in [0.4, 0.5) is 11.4 Å². The number of hydrogen-bond donors (Lipinski definition) is 1. The van der Waals surface area contributed by atoms with Gasteiger partial charge in [-0.3, -0.25) is 9.59 Å². The van der Waals surface area contributed by atoms with Gasteiger partial charge in [0.1, 0.15) is 11.3 Å². The summed E-state index contributed by atoms with van der Waals surface area (Å²) in [7, 11) is 0.